The third-order valence-electron chi connectivity index (χ3n) is 1.71. The van der Waals surface area contributed by atoms with Gasteiger partial charge in [0.1, 0.15) is 0 Å². The number of halogens is 2. The van der Waals surface area contributed by atoms with Gasteiger partial charge in [-0.25, -0.2) is 4.79 Å². The second-order valence-corrected chi connectivity index (χ2v) is 14.5. The molecule has 2 unspecified atom stereocenters. The summed E-state index contributed by atoms with van der Waals surface area (Å²) in [6, 6.07) is -0.220. The van der Waals surface area contributed by atoms with Crippen LogP contribution in [0, 0.1) is 0 Å². The van der Waals surface area contributed by atoms with Gasteiger partial charge in [-0.05, 0) is 21.0 Å². The van der Waals surface area contributed by atoms with Crippen LogP contribution in [0.5, 0.6) is 0 Å². The number of rotatable bonds is 3. The molecule has 0 saturated heterocycles. The summed E-state index contributed by atoms with van der Waals surface area (Å²) in [6.45, 7) is 1.75. The third-order valence-corrected chi connectivity index (χ3v) is 1.71. The molecule has 0 aromatic rings. The number of carbonyl (C=O) groups is 1. The topological polar surface area (TPSA) is 49.8 Å². The van der Waals surface area contributed by atoms with Gasteiger partial charge in [-0.1, -0.05) is 0 Å². The molecular formula is C7H15I2NO3V. The van der Waals surface area contributed by atoms with E-state index in [2.05, 4.69) is 44.7 Å². The van der Waals surface area contributed by atoms with Gasteiger partial charge in [0, 0.05) is 6.04 Å². The molecule has 0 amide bonds. The third kappa shape index (κ3) is 8.72. The number of likely N-dealkylation sites (N-methyl/N-ethyl adjacent to an activating group) is 1. The maximum absolute atomic E-state index is 10.8. The van der Waals surface area contributed by atoms with E-state index in [1.807, 2.05) is 0 Å². The first kappa shape index (κ1) is 17.8. The molecule has 2 atom stereocenters. The number of carbonyl (C=O) groups excluding carboxylic acids is 1. The van der Waals surface area contributed by atoms with E-state index in [0.717, 1.165) is 0 Å². The number of ether oxygens (including phenoxy) is 1. The number of aliphatic hydroxyl groups excluding tert-OH is 1. The van der Waals surface area contributed by atoms with Crippen molar-refractivity contribution in [3.8, 4) is 0 Å². The molecule has 4 nitrogen and oxygen atoms in total. The molecule has 0 radical (unpaired) electrons. The summed E-state index contributed by atoms with van der Waals surface area (Å²) >= 11 is 4.74. The van der Waals surface area contributed by atoms with E-state index < -0.39 is 12.1 Å². The van der Waals surface area contributed by atoms with Crippen LogP contribution in [0.15, 0.2) is 0 Å². The molecule has 7 heteroatoms. The second kappa shape index (κ2) is 10.9. The predicted molar refractivity (Wildman–Crippen MR) is 69.2 cm³/mol. The van der Waals surface area contributed by atoms with Crippen LogP contribution in [0.25, 0.3) is 0 Å². The molecule has 85 valence electrons. The summed E-state index contributed by atoms with van der Waals surface area (Å²) in [5.74, 6) is -0.591. The molecule has 1 N–H and O–H groups in total. The van der Waals surface area contributed by atoms with Gasteiger partial charge in [0.05, 0.1) is 7.11 Å². The molecule has 0 aliphatic carbocycles. The Morgan fingerprint density at radius 2 is 1.86 bits per heavy atom. The van der Waals surface area contributed by atoms with Crippen molar-refractivity contribution >= 4 is 45.9 Å². The predicted octanol–water partition coefficient (Wildman–Crippen LogP) is 1.24. The monoisotopic (exact) mass is 466 g/mol. The summed E-state index contributed by atoms with van der Waals surface area (Å²) in [4.78, 5) is 12.5. The first-order valence-corrected chi connectivity index (χ1v) is 12.8. The molecule has 0 aliphatic rings. The fourth-order valence-corrected chi connectivity index (χ4v) is 0.600. The number of hydrogen-bond donors (Lipinski definition) is 1. The molecule has 0 saturated carbocycles. The Balaban J connectivity index is 0. The summed E-state index contributed by atoms with van der Waals surface area (Å²) in [7, 11) is 5.46. The van der Waals surface area contributed by atoms with Crippen LogP contribution in [0.3, 0.4) is 0 Å². The van der Waals surface area contributed by atoms with E-state index in [1.54, 1.807) is 25.9 Å². The molecule has 0 spiro atoms. The van der Waals surface area contributed by atoms with E-state index in [1.165, 1.54) is 7.11 Å². The number of aliphatic hydroxyl groups is 1. The summed E-state index contributed by atoms with van der Waals surface area (Å²) in [6.07, 6.45) is -1.06. The molecule has 0 aromatic carbocycles. The molecule has 0 fully saturated rings. The van der Waals surface area contributed by atoms with Gasteiger partial charge in [-0.2, -0.15) is 0 Å². The Morgan fingerprint density at radius 3 is 2.07 bits per heavy atom. The SMILES string of the molecule is COC(=O)C(O)C(C)N(C)C.[I][V][I]. The van der Waals surface area contributed by atoms with Crippen molar-refractivity contribution in [3.63, 3.8) is 0 Å². The zero-order valence-corrected chi connectivity index (χ0v) is 14.3. The van der Waals surface area contributed by atoms with E-state index in [-0.39, 0.29) is 6.04 Å². The molecular weight excluding hydrogens is 451 g/mol. The molecule has 0 aliphatic heterocycles. The molecule has 0 bridgehead atoms. The Bertz CT molecular complexity index is 160. The Kier molecular flexibility index (Phi) is 13.9. The van der Waals surface area contributed by atoms with Crippen molar-refractivity contribution in [2.45, 2.75) is 19.1 Å². The first-order chi connectivity index (χ1) is 6.42. The zero-order valence-electron chi connectivity index (χ0n) is 8.57. The average molecular weight is 466 g/mol. The first-order valence-electron chi connectivity index (χ1n) is 3.76. The van der Waals surface area contributed by atoms with E-state index in [4.69, 9.17) is 0 Å². The molecule has 14 heavy (non-hydrogen) atoms. The summed E-state index contributed by atoms with van der Waals surface area (Å²) in [5, 5.41) is 9.24. The fraction of sp³-hybridized carbons (Fsp3) is 0.857. The van der Waals surface area contributed by atoms with E-state index in [9.17, 15) is 9.90 Å². The summed E-state index contributed by atoms with van der Waals surface area (Å²) in [5.41, 5.74) is 0. The normalized spacial score (nSPS) is 13.7. The van der Waals surface area contributed by atoms with Gasteiger partial charge in [0.25, 0.3) is 0 Å². The van der Waals surface area contributed by atoms with Crippen LogP contribution >= 0.6 is 40.0 Å². The van der Waals surface area contributed by atoms with E-state index in [0.29, 0.717) is 9.47 Å². The van der Waals surface area contributed by atoms with Crippen LogP contribution in [-0.2, 0) is 19.0 Å². The number of hydrogen-bond acceptors (Lipinski definition) is 4. The van der Waals surface area contributed by atoms with Crippen molar-refractivity contribution in [2.75, 3.05) is 21.2 Å². The number of methoxy groups -OCH3 is 1. The van der Waals surface area contributed by atoms with Crippen LogP contribution in [0.1, 0.15) is 6.92 Å². The minimum atomic E-state index is -1.06. The van der Waals surface area contributed by atoms with Gasteiger partial charge in [0.15, 0.2) is 6.10 Å². The van der Waals surface area contributed by atoms with Crippen LogP contribution in [0.4, 0.5) is 0 Å². The minimum absolute atomic E-state index is 0.220. The van der Waals surface area contributed by atoms with Crippen LogP contribution in [-0.4, -0.2) is 49.3 Å². The Morgan fingerprint density at radius 1 is 1.50 bits per heavy atom. The van der Waals surface area contributed by atoms with Crippen molar-refractivity contribution in [2.24, 2.45) is 0 Å². The van der Waals surface area contributed by atoms with Crippen molar-refractivity contribution < 1.29 is 24.1 Å². The van der Waals surface area contributed by atoms with Crippen LogP contribution < -0.4 is 0 Å². The second-order valence-electron chi connectivity index (χ2n) is 2.74. The quantitative estimate of drug-likeness (QED) is 0.503. The van der Waals surface area contributed by atoms with Crippen molar-refractivity contribution in [1.82, 2.24) is 4.90 Å². The number of esters is 1. The van der Waals surface area contributed by atoms with Gasteiger partial charge < -0.3 is 14.7 Å². The van der Waals surface area contributed by atoms with Crippen molar-refractivity contribution in [3.05, 3.63) is 0 Å². The molecule has 0 heterocycles. The maximum atomic E-state index is 10.8. The average Bonchev–Trinajstić information content (AvgIpc) is 2.15. The van der Waals surface area contributed by atoms with Gasteiger partial charge >= 0.3 is 55.4 Å². The Hall–Kier alpha value is 1.43. The molecule has 0 aromatic heterocycles. The zero-order chi connectivity index (χ0) is 11.7. The van der Waals surface area contributed by atoms with Gasteiger partial charge in [-0.15, -0.1) is 0 Å². The standard InChI is InChI=1S/C7H15NO3.2HI.V/c1-5(8(2)3)6(9)7(10)11-4;;;/h5-6,9H,1-4H3;2*1H;/q;;;+2/p-2. The van der Waals surface area contributed by atoms with E-state index >= 15 is 0 Å². The number of nitrogens with zero attached hydrogens (tertiary/aromatic N) is 1. The van der Waals surface area contributed by atoms with Gasteiger partial charge in [0.2, 0.25) is 0 Å². The fourth-order valence-electron chi connectivity index (χ4n) is 0.600. The summed E-state index contributed by atoms with van der Waals surface area (Å²) < 4.78 is 4.37. The van der Waals surface area contributed by atoms with Crippen molar-refractivity contribution in [1.29, 1.82) is 0 Å². The van der Waals surface area contributed by atoms with Crippen LogP contribution in [0.2, 0.25) is 0 Å². The van der Waals surface area contributed by atoms with Gasteiger partial charge in [-0.3, -0.25) is 0 Å². The Labute approximate surface area is 114 Å². The molecule has 0 rings (SSSR count).